The van der Waals surface area contributed by atoms with Gasteiger partial charge < -0.3 is 14.0 Å². The van der Waals surface area contributed by atoms with Gasteiger partial charge in [-0.2, -0.15) is 4.99 Å². The lowest BCUT2D eigenvalue weighted by molar-refractivity contribution is 0.0998. The second-order valence-corrected chi connectivity index (χ2v) is 6.49. The van der Waals surface area contributed by atoms with Crippen LogP contribution >= 0.6 is 22.9 Å². The maximum absolute atomic E-state index is 12.3. The van der Waals surface area contributed by atoms with Gasteiger partial charge in [-0.25, -0.2) is 0 Å². The van der Waals surface area contributed by atoms with E-state index in [1.165, 1.54) is 11.3 Å². The van der Waals surface area contributed by atoms with E-state index in [9.17, 15) is 4.79 Å². The number of amides is 1. The van der Waals surface area contributed by atoms with Crippen molar-refractivity contribution in [1.29, 1.82) is 0 Å². The van der Waals surface area contributed by atoms with Gasteiger partial charge in [0, 0.05) is 29.8 Å². The van der Waals surface area contributed by atoms with E-state index in [1.807, 2.05) is 23.7 Å². The van der Waals surface area contributed by atoms with Crippen LogP contribution in [0.5, 0.6) is 11.5 Å². The maximum Gasteiger partial charge on any atom is 0.279 e. The first-order valence-corrected chi connectivity index (χ1v) is 8.05. The number of benzene rings is 2. The smallest absolute Gasteiger partial charge is 0.279 e. The van der Waals surface area contributed by atoms with Gasteiger partial charge in [0.15, 0.2) is 16.3 Å². The van der Waals surface area contributed by atoms with Gasteiger partial charge in [0.25, 0.3) is 5.91 Å². The summed E-state index contributed by atoms with van der Waals surface area (Å²) in [6.07, 6.45) is 0. The molecule has 1 aliphatic heterocycles. The topological polar surface area (TPSA) is 52.8 Å². The Bertz CT molecular complexity index is 1010. The third-order valence-electron chi connectivity index (χ3n) is 3.57. The Kier molecular flexibility index (Phi) is 3.36. The number of ether oxygens (including phenoxy) is 2. The number of rotatable bonds is 1. The van der Waals surface area contributed by atoms with E-state index >= 15 is 0 Å². The fraction of sp³-hybridized carbons (Fsp3) is 0.125. The van der Waals surface area contributed by atoms with Gasteiger partial charge in [-0.3, -0.25) is 4.79 Å². The van der Waals surface area contributed by atoms with Gasteiger partial charge in [-0.05, 0) is 18.2 Å². The normalized spacial score (nSPS) is 13.7. The van der Waals surface area contributed by atoms with Crippen LogP contribution in [-0.2, 0) is 7.05 Å². The number of carbonyl (C=O) groups is 1. The number of fused-ring (bicyclic) bond motifs is 2. The van der Waals surface area contributed by atoms with Gasteiger partial charge in [-0.1, -0.05) is 29.0 Å². The van der Waals surface area contributed by atoms with E-state index in [1.54, 1.807) is 24.3 Å². The second-order valence-electron chi connectivity index (χ2n) is 5.04. The highest BCUT2D eigenvalue weighted by molar-refractivity contribution is 7.16. The number of hydrogen-bond acceptors (Lipinski definition) is 4. The summed E-state index contributed by atoms with van der Waals surface area (Å²) >= 11 is 7.34. The number of nitrogens with zero attached hydrogens (tertiary/aromatic N) is 2. The summed E-state index contributed by atoms with van der Waals surface area (Å²) in [4.78, 5) is 17.1. The Morgan fingerprint density at radius 2 is 2.04 bits per heavy atom. The highest BCUT2D eigenvalue weighted by Crippen LogP contribution is 2.36. The second kappa shape index (κ2) is 5.40. The van der Waals surface area contributed by atoms with Crippen molar-refractivity contribution in [2.45, 2.75) is 0 Å². The van der Waals surface area contributed by atoms with Gasteiger partial charge in [0.05, 0.1) is 10.2 Å². The van der Waals surface area contributed by atoms with E-state index in [-0.39, 0.29) is 12.7 Å². The molecule has 0 atom stereocenters. The molecule has 1 amide bonds. The molecule has 2 heterocycles. The third-order valence-corrected chi connectivity index (χ3v) is 4.90. The highest BCUT2D eigenvalue weighted by Gasteiger charge is 2.17. The molecule has 2 aromatic carbocycles. The van der Waals surface area contributed by atoms with Crippen LogP contribution < -0.4 is 14.3 Å². The number of hydrogen-bond donors (Lipinski definition) is 0. The fourth-order valence-electron chi connectivity index (χ4n) is 2.40. The number of aromatic nitrogens is 1. The summed E-state index contributed by atoms with van der Waals surface area (Å²) in [7, 11) is 1.87. The van der Waals surface area contributed by atoms with Crippen molar-refractivity contribution in [3.63, 3.8) is 0 Å². The minimum atomic E-state index is -0.324. The van der Waals surface area contributed by atoms with Crippen LogP contribution in [-0.4, -0.2) is 17.3 Å². The van der Waals surface area contributed by atoms with E-state index in [0.29, 0.717) is 26.9 Å². The Morgan fingerprint density at radius 1 is 1.26 bits per heavy atom. The molecule has 7 heteroatoms. The lowest BCUT2D eigenvalue weighted by Gasteiger charge is -1.98. The van der Waals surface area contributed by atoms with Crippen molar-refractivity contribution in [1.82, 2.24) is 4.57 Å². The molecule has 0 N–H and O–H groups in total. The van der Waals surface area contributed by atoms with Gasteiger partial charge >= 0.3 is 0 Å². The number of halogens is 1. The molecule has 1 aliphatic rings. The zero-order chi connectivity index (χ0) is 16.0. The third kappa shape index (κ3) is 2.50. The summed E-state index contributed by atoms with van der Waals surface area (Å²) in [6.45, 7) is 0.237. The Hall–Kier alpha value is -2.31. The zero-order valence-electron chi connectivity index (χ0n) is 12.1. The molecule has 3 aromatic rings. The van der Waals surface area contributed by atoms with E-state index in [4.69, 9.17) is 21.1 Å². The van der Waals surface area contributed by atoms with E-state index in [0.717, 1.165) is 10.2 Å². The summed E-state index contributed by atoms with van der Waals surface area (Å²) in [6, 6.07) is 10.6. The Labute approximate surface area is 140 Å². The van der Waals surface area contributed by atoms with Crippen molar-refractivity contribution in [2.24, 2.45) is 12.0 Å². The summed E-state index contributed by atoms with van der Waals surface area (Å²) in [5, 5.41) is 0.512. The SMILES string of the molecule is Cn1c(=NC(=O)c2cccc(Cl)c2)sc2cc3c(cc21)OCO3. The monoisotopic (exact) mass is 346 g/mol. The predicted molar refractivity (Wildman–Crippen MR) is 88.3 cm³/mol. The molecule has 0 bridgehead atoms. The molecule has 23 heavy (non-hydrogen) atoms. The lowest BCUT2D eigenvalue weighted by atomic mass is 10.2. The van der Waals surface area contributed by atoms with Crippen LogP contribution in [0.15, 0.2) is 41.4 Å². The largest absolute Gasteiger partial charge is 0.454 e. The average molecular weight is 347 g/mol. The summed E-state index contributed by atoms with van der Waals surface area (Å²) in [5.41, 5.74) is 1.40. The zero-order valence-corrected chi connectivity index (χ0v) is 13.6. The molecule has 116 valence electrons. The van der Waals surface area contributed by atoms with E-state index in [2.05, 4.69) is 4.99 Å². The van der Waals surface area contributed by atoms with Crippen LogP contribution in [0.2, 0.25) is 5.02 Å². The molecular formula is C16H11ClN2O3S. The number of carbonyl (C=O) groups excluding carboxylic acids is 1. The minimum Gasteiger partial charge on any atom is -0.454 e. The van der Waals surface area contributed by atoms with Crippen molar-refractivity contribution in [3.05, 3.63) is 51.8 Å². The highest BCUT2D eigenvalue weighted by atomic mass is 35.5. The van der Waals surface area contributed by atoms with Crippen molar-refractivity contribution in [2.75, 3.05) is 6.79 Å². The molecule has 0 spiro atoms. The fourth-order valence-corrected chi connectivity index (χ4v) is 3.61. The van der Waals surface area contributed by atoms with Crippen LogP contribution in [0.25, 0.3) is 10.2 Å². The first-order valence-electron chi connectivity index (χ1n) is 6.85. The molecular weight excluding hydrogens is 336 g/mol. The van der Waals surface area contributed by atoms with Crippen LogP contribution in [0, 0.1) is 0 Å². The molecule has 0 saturated carbocycles. The quantitative estimate of drug-likeness (QED) is 0.679. The maximum atomic E-state index is 12.3. The number of thiazole rings is 1. The molecule has 0 saturated heterocycles. The molecule has 4 rings (SSSR count). The Morgan fingerprint density at radius 3 is 2.83 bits per heavy atom. The molecule has 0 unspecified atom stereocenters. The standard InChI is InChI=1S/C16H11ClN2O3S/c1-19-11-6-12-13(22-8-21-12)7-14(11)23-16(19)18-15(20)9-3-2-4-10(17)5-9/h2-7H,8H2,1H3. The van der Waals surface area contributed by atoms with Crippen LogP contribution in [0.4, 0.5) is 0 Å². The van der Waals surface area contributed by atoms with Crippen LogP contribution in [0.3, 0.4) is 0 Å². The molecule has 0 radical (unpaired) electrons. The average Bonchev–Trinajstić information content (AvgIpc) is 3.10. The lowest BCUT2D eigenvalue weighted by Crippen LogP contribution is -2.13. The van der Waals surface area contributed by atoms with Gasteiger partial charge in [-0.15, -0.1) is 0 Å². The van der Waals surface area contributed by atoms with Gasteiger partial charge in [0.1, 0.15) is 0 Å². The Balaban J connectivity index is 1.82. The van der Waals surface area contributed by atoms with Crippen LogP contribution in [0.1, 0.15) is 10.4 Å². The van der Waals surface area contributed by atoms with Crippen molar-refractivity contribution in [3.8, 4) is 11.5 Å². The minimum absolute atomic E-state index is 0.237. The molecule has 0 fully saturated rings. The van der Waals surface area contributed by atoms with Crippen molar-refractivity contribution < 1.29 is 14.3 Å². The number of aryl methyl sites for hydroxylation is 1. The first kappa shape index (κ1) is 14.3. The van der Waals surface area contributed by atoms with Crippen molar-refractivity contribution >= 4 is 39.1 Å². The molecule has 1 aromatic heterocycles. The first-order chi connectivity index (χ1) is 11.1. The van der Waals surface area contributed by atoms with Gasteiger partial charge in [0.2, 0.25) is 6.79 Å². The summed E-state index contributed by atoms with van der Waals surface area (Å²) in [5.74, 6) is 1.10. The predicted octanol–water partition coefficient (Wildman–Crippen LogP) is 3.36. The molecule has 5 nitrogen and oxygen atoms in total. The molecule has 0 aliphatic carbocycles. The summed E-state index contributed by atoms with van der Waals surface area (Å²) < 4.78 is 13.6. The van der Waals surface area contributed by atoms with E-state index < -0.39 is 0 Å².